The Morgan fingerprint density at radius 2 is 1.73 bits per heavy atom. The molecule has 0 aliphatic carbocycles. The lowest BCUT2D eigenvalue weighted by Crippen LogP contribution is -2.46. The number of ether oxygens (including phenoxy) is 1. The number of carboxylic acid groups (broad SMARTS) is 1. The van der Waals surface area contributed by atoms with Gasteiger partial charge in [0, 0.05) is 76.8 Å². The van der Waals surface area contributed by atoms with Crippen LogP contribution in [0.5, 0.6) is 5.75 Å². The first-order valence-corrected chi connectivity index (χ1v) is 18.0. The topological polar surface area (TPSA) is 188 Å². The summed E-state index contributed by atoms with van der Waals surface area (Å²) in [4.78, 5) is 62.4. The van der Waals surface area contributed by atoms with Gasteiger partial charge in [0.15, 0.2) is 5.82 Å². The Morgan fingerprint density at radius 3 is 2.43 bits per heavy atom. The number of anilines is 2. The molecule has 5 N–H and O–H groups in total. The first-order valence-electron chi connectivity index (χ1n) is 18.0. The number of unbranched alkanes of at least 4 members (excludes halogenated alkanes) is 2. The Kier molecular flexibility index (Phi) is 13.2. The van der Waals surface area contributed by atoms with Gasteiger partial charge in [-0.05, 0) is 43.5 Å². The van der Waals surface area contributed by atoms with Crippen LogP contribution in [0, 0.1) is 0 Å². The van der Waals surface area contributed by atoms with E-state index in [1.807, 2.05) is 12.3 Å². The number of benzene rings is 1. The minimum absolute atomic E-state index is 0.0183. The van der Waals surface area contributed by atoms with E-state index in [9.17, 15) is 24.3 Å². The number of carboxylic acids is 1. The van der Waals surface area contributed by atoms with Crippen molar-refractivity contribution < 1.29 is 29.0 Å². The predicted molar refractivity (Wildman–Crippen MR) is 193 cm³/mol. The van der Waals surface area contributed by atoms with Gasteiger partial charge in [0.25, 0.3) is 0 Å². The number of likely N-dealkylation sites (tertiary alicyclic amines) is 1. The molecule has 0 spiro atoms. The third-order valence-electron chi connectivity index (χ3n) is 9.57. The van der Waals surface area contributed by atoms with E-state index >= 15 is 0 Å². The number of imide groups is 1. The van der Waals surface area contributed by atoms with Crippen LogP contribution in [-0.4, -0.2) is 117 Å². The van der Waals surface area contributed by atoms with E-state index in [1.165, 1.54) is 5.56 Å². The Morgan fingerprint density at radius 1 is 0.980 bits per heavy atom. The quantitative estimate of drug-likeness (QED) is 0.106. The molecule has 15 heteroatoms. The fourth-order valence-corrected chi connectivity index (χ4v) is 6.78. The van der Waals surface area contributed by atoms with Gasteiger partial charge < -0.3 is 35.7 Å². The number of nitrogens with one attached hydrogen (secondary N) is 2. The molecule has 1 aromatic carbocycles. The molecular weight excluding hydrogens is 654 g/mol. The molecule has 2 fully saturated rings. The van der Waals surface area contributed by atoms with Crippen molar-refractivity contribution in [2.45, 2.75) is 77.4 Å². The Bertz CT molecular complexity index is 1670. The van der Waals surface area contributed by atoms with E-state index in [4.69, 9.17) is 10.5 Å². The summed E-state index contributed by atoms with van der Waals surface area (Å²) in [6, 6.07) is 7.08. The van der Waals surface area contributed by atoms with Crippen molar-refractivity contribution in [1.29, 1.82) is 0 Å². The molecule has 5 rings (SSSR count). The average Bonchev–Trinajstić information content (AvgIpc) is 3.67. The molecule has 1 unspecified atom stereocenters. The molecule has 2 aliphatic heterocycles. The lowest BCUT2D eigenvalue weighted by Gasteiger charge is -2.34. The molecule has 2 aliphatic rings. The second-order valence-electron chi connectivity index (χ2n) is 13.3. The third kappa shape index (κ3) is 9.94. The Labute approximate surface area is 298 Å². The molecule has 1 atom stereocenters. The minimum atomic E-state index is -1.30. The molecule has 3 aromatic rings. The van der Waals surface area contributed by atoms with E-state index in [1.54, 1.807) is 7.11 Å². The lowest BCUT2D eigenvalue weighted by atomic mass is 10.1. The number of nitrogens with two attached hydrogens (primary N) is 1. The number of hydrogen-bond donors (Lipinski definition) is 4. The molecule has 0 radical (unpaired) electrons. The number of piperazine rings is 1. The monoisotopic (exact) mass is 705 g/mol. The van der Waals surface area contributed by atoms with Gasteiger partial charge in [0.1, 0.15) is 17.3 Å². The second-order valence-corrected chi connectivity index (χ2v) is 13.3. The van der Waals surface area contributed by atoms with Gasteiger partial charge in [-0.25, -0.2) is 9.78 Å². The van der Waals surface area contributed by atoms with Gasteiger partial charge in [-0.15, -0.1) is 0 Å². The van der Waals surface area contributed by atoms with Gasteiger partial charge >= 0.3 is 5.97 Å². The number of rotatable bonds is 19. The van der Waals surface area contributed by atoms with Crippen molar-refractivity contribution in [2.24, 2.45) is 0 Å². The molecular formula is C36H51N9O6. The van der Waals surface area contributed by atoms with E-state index < -0.39 is 23.8 Å². The molecule has 2 saturated heterocycles. The van der Waals surface area contributed by atoms with E-state index in [0.29, 0.717) is 13.1 Å². The van der Waals surface area contributed by atoms with Crippen LogP contribution in [0.3, 0.4) is 0 Å². The zero-order valence-electron chi connectivity index (χ0n) is 29.7. The maximum absolute atomic E-state index is 12.4. The summed E-state index contributed by atoms with van der Waals surface area (Å²) in [5, 5.41) is 15.8. The molecule has 15 nitrogen and oxygen atoms in total. The number of carbonyl (C=O) groups is 4. The van der Waals surface area contributed by atoms with E-state index in [0.717, 1.165) is 105 Å². The standard InChI is InChI=1S/C36H51N9O6/c1-3-4-5-14-39-34-33-27(40-36(37)41-34)13-17-44(33)24-26-8-7-25(22-29(26)51-2)23-43-20-18-42(19-21-43)16-6-15-38-30(46)10-9-28(35(49)50)45-31(47)11-12-32(45)48/h7-8,13,17,22,28H,3-6,9-12,14-16,18-21,23-24H2,1-2H3,(H,38,46)(H,49,50)(H3,37,39,40,41). The Hall–Kier alpha value is -4.76. The largest absolute Gasteiger partial charge is 0.496 e. The fraction of sp³-hybridized carbons (Fsp3) is 0.556. The summed E-state index contributed by atoms with van der Waals surface area (Å²) in [6.07, 6.45) is 6.01. The van der Waals surface area contributed by atoms with E-state index in [2.05, 4.69) is 60.1 Å². The van der Waals surface area contributed by atoms with Crippen LogP contribution >= 0.6 is 0 Å². The maximum atomic E-state index is 12.4. The third-order valence-corrected chi connectivity index (χ3v) is 9.57. The first kappa shape index (κ1) is 37.5. The normalized spacial score (nSPS) is 16.2. The van der Waals surface area contributed by atoms with Crippen molar-refractivity contribution in [3.8, 4) is 5.75 Å². The van der Waals surface area contributed by atoms with Gasteiger partial charge in [0.05, 0.1) is 19.2 Å². The number of aromatic nitrogens is 3. The first-order chi connectivity index (χ1) is 24.7. The van der Waals surface area contributed by atoms with Gasteiger partial charge in [-0.2, -0.15) is 4.98 Å². The van der Waals surface area contributed by atoms with Gasteiger partial charge in [-0.3, -0.25) is 24.2 Å². The number of nitrogen functional groups attached to an aromatic ring is 1. The Balaban J connectivity index is 1.05. The van der Waals surface area contributed by atoms with Crippen LogP contribution in [0.4, 0.5) is 11.8 Å². The van der Waals surface area contributed by atoms with Gasteiger partial charge in [-0.1, -0.05) is 31.9 Å². The summed E-state index contributed by atoms with van der Waals surface area (Å²) in [5.41, 5.74) is 9.97. The van der Waals surface area contributed by atoms with Gasteiger partial charge in [0.2, 0.25) is 23.7 Å². The number of aliphatic carboxylic acids is 1. The van der Waals surface area contributed by atoms with Crippen LogP contribution in [0.2, 0.25) is 0 Å². The number of amides is 3. The van der Waals surface area contributed by atoms with Crippen molar-refractivity contribution >= 4 is 46.5 Å². The summed E-state index contributed by atoms with van der Waals surface area (Å²) >= 11 is 0. The minimum Gasteiger partial charge on any atom is -0.496 e. The zero-order chi connectivity index (χ0) is 36.3. The highest BCUT2D eigenvalue weighted by molar-refractivity contribution is 6.05. The van der Waals surface area contributed by atoms with Crippen LogP contribution in [-0.2, 0) is 32.3 Å². The number of fused-ring (bicyclic) bond motifs is 1. The van der Waals surface area contributed by atoms with Crippen molar-refractivity contribution in [3.63, 3.8) is 0 Å². The molecule has 4 heterocycles. The summed E-state index contributed by atoms with van der Waals surface area (Å²) in [7, 11) is 1.70. The fourth-order valence-electron chi connectivity index (χ4n) is 6.78. The van der Waals surface area contributed by atoms with Crippen LogP contribution in [0.15, 0.2) is 30.5 Å². The summed E-state index contributed by atoms with van der Waals surface area (Å²) < 4.78 is 7.98. The van der Waals surface area contributed by atoms with Crippen molar-refractivity contribution in [2.75, 3.05) is 64.0 Å². The number of hydrogen-bond acceptors (Lipinski definition) is 11. The number of carbonyl (C=O) groups excluding carboxylic acids is 3. The maximum Gasteiger partial charge on any atom is 0.326 e. The summed E-state index contributed by atoms with van der Waals surface area (Å²) in [5.74, 6) is -0.712. The highest BCUT2D eigenvalue weighted by atomic mass is 16.5. The van der Waals surface area contributed by atoms with Crippen molar-refractivity contribution in [3.05, 3.63) is 41.6 Å². The smallest absolute Gasteiger partial charge is 0.326 e. The van der Waals surface area contributed by atoms with Crippen LogP contribution in [0.1, 0.15) is 69.4 Å². The molecule has 0 saturated carbocycles. The lowest BCUT2D eigenvalue weighted by molar-refractivity contribution is -0.154. The molecule has 3 amide bonds. The second kappa shape index (κ2) is 17.9. The van der Waals surface area contributed by atoms with Crippen LogP contribution in [0.25, 0.3) is 11.0 Å². The van der Waals surface area contributed by atoms with Crippen LogP contribution < -0.4 is 21.1 Å². The number of methoxy groups -OCH3 is 1. The molecule has 51 heavy (non-hydrogen) atoms. The zero-order valence-corrected chi connectivity index (χ0v) is 29.7. The number of nitrogens with zero attached hydrogens (tertiary/aromatic N) is 6. The average molecular weight is 706 g/mol. The molecule has 276 valence electrons. The summed E-state index contributed by atoms with van der Waals surface area (Å²) in [6.45, 7) is 9.43. The van der Waals surface area contributed by atoms with E-state index in [-0.39, 0.29) is 37.5 Å². The highest BCUT2D eigenvalue weighted by Gasteiger charge is 2.38. The SMILES string of the molecule is CCCCCNc1nc(N)nc2ccn(Cc3ccc(CN4CCN(CCCNC(=O)CCC(C(=O)O)N5C(=O)CCC5=O)CC4)cc3OC)c12. The molecule has 2 aromatic heterocycles. The highest BCUT2D eigenvalue weighted by Crippen LogP contribution is 2.28. The van der Waals surface area contributed by atoms with Crippen molar-refractivity contribution in [1.82, 2.24) is 34.6 Å². The predicted octanol–water partition coefficient (Wildman–Crippen LogP) is 2.68. The molecule has 0 bridgehead atoms.